The minimum absolute atomic E-state index is 0.0237. The predicted molar refractivity (Wildman–Crippen MR) is 120 cm³/mol. The van der Waals surface area contributed by atoms with Gasteiger partial charge in [0, 0.05) is 24.7 Å². The lowest BCUT2D eigenvalue weighted by Gasteiger charge is -2.27. The number of allylic oxidation sites excluding steroid dienone is 1. The van der Waals surface area contributed by atoms with Crippen molar-refractivity contribution in [2.24, 2.45) is 5.92 Å². The van der Waals surface area contributed by atoms with Crippen LogP contribution in [0, 0.1) is 5.92 Å². The number of carbonyl (C=O) groups is 1. The molecule has 1 atom stereocenters. The predicted octanol–water partition coefficient (Wildman–Crippen LogP) is 1.54. The van der Waals surface area contributed by atoms with E-state index >= 15 is 0 Å². The topological polar surface area (TPSA) is 128 Å². The van der Waals surface area contributed by atoms with Crippen molar-refractivity contribution >= 4 is 17.5 Å². The van der Waals surface area contributed by atoms with Crippen molar-refractivity contribution in [3.05, 3.63) is 72.7 Å². The third-order valence-corrected chi connectivity index (χ3v) is 5.81. The van der Waals surface area contributed by atoms with Crippen molar-refractivity contribution < 1.29 is 9.53 Å². The highest BCUT2D eigenvalue weighted by atomic mass is 35.5. The summed E-state index contributed by atoms with van der Waals surface area (Å²) in [5, 5.41) is 10.2. The van der Waals surface area contributed by atoms with Gasteiger partial charge < -0.3 is 15.4 Å². The molecule has 2 aromatic rings. The van der Waals surface area contributed by atoms with Crippen LogP contribution in [0.15, 0.2) is 39.6 Å². The van der Waals surface area contributed by atoms with Crippen molar-refractivity contribution in [1.29, 1.82) is 0 Å². The van der Waals surface area contributed by atoms with Crippen molar-refractivity contribution in [1.82, 2.24) is 25.4 Å². The van der Waals surface area contributed by atoms with E-state index in [0.29, 0.717) is 36.4 Å². The first-order valence-electron chi connectivity index (χ1n) is 10.3. The second kappa shape index (κ2) is 8.40. The Morgan fingerprint density at radius 1 is 1.38 bits per heavy atom. The van der Waals surface area contributed by atoms with E-state index in [0.717, 1.165) is 11.1 Å². The Hall–Kier alpha value is -3.17. The van der Waals surface area contributed by atoms with Gasteiger partial charge >= 0.3 is 5.69 Å². The molecule has 0 radical (unpaired) electrons. The highest BCUT2D eigenvalue weighted by Gasteiger charge is 2.31. The van der Waals surface area contributed by atoms with E-state index < -0.39 is 11.2 Å². The van der Waals surface area contributed by atoms with Crippen LogP contribution in [0.1, 0.15) is 36.7 Å². The molecule has 1 unspecified atom stereocenters. The molecule has 1 saturated heterocycles. The minimum atomic E-state index is -0.627. The first kappa shape index (κ1) is 22.0. The van der Waals surface area contributed by atoms with E-state index in [9.17, 15) is 14.4 Å². The number of hydrogen-bond donors (Lipinski definition) is 3. The Morgan fingerprint density at radius 3 is 2.62 bits per heavy atom. The average Bonchev–Trinajstić information content (AvgIpc) is 3.53. The highest BCUT2D eigenvalue weighted by molar-refractivity contribution is 6.32. The molecule has 0 bridgehead atoms. The fraction of sp³-hybridized carbons (Fsp3) is 0.364. The van der Waals surface area contributed by atoms with Gasteiger partial charge in [0.15, 0.2) is 0 Å². The number of likely N-dealkylation sites (N-methyl/N-ethyl adjacent to an activating group) is 1. The van der Waals surface area contributed by atoms with Gasteiger partial charge in [0.2, 0.25) is 5.91 Å². The van der Waals surface area contributed by atoms with Crippen LogP contribution in [0.25, 0.3) is 5.69 Å². The molecule has 1 aliphatic carbocycles. The summed E-state index contributed by atoms with van der Waals surface area (Å²) in [5.74, 6) is 0.495. The van der Waals surface area contributed by atoms with Crippen molar-refractivity contribution in [3.63, 3.8) is 0 Å². The molecular formula is C22H24ClN5O4. The van der Waals surface area contributed by atoms with Gasteiger partial charge in [-0.05, 0) is 36.5 Å². The Balaban J connectivity index is 1.71. The van der Waals surface area contributed by atoms with Crippen LogP contribution < -0.4 is 26.6 Å². The molecule has 10 heteroatoms. The lowest BCUT2D eigenvalue weighted by Crippen LogP contribution is -2.35. The van der Waals surface area contributed by atoms with Crippen LogP contribution in [0.4, 0.5) is 0 Å². The SMILES string of the molecule is C=C(/C=C(\C(=O)NC)C(C)C)Oc1c(Cl)cc(-n2nc(C3CN3)c(=O)[nH]c2=O)c2c1CC2. The zero-order valence-electron chi connectivity index (χ0n) is 18.0. The maximum Gasteiger partial charge on any atom is 0.349 e. The summed E-state index contributed by atoms with van der Waals surface area (Å²) < 4.78 is 7.12. The number of halogens is 1. The number of nitrogens with zero attached hydrogens (tertiary/aromatic N) is 2. The molecule has 1 aromatic heterocycles. The summed E-state index contributed by atoms with van der Waals surface area (Å²) in [5.41, 5.74) is 1.91. The standard InChI is InChI=1S/C22H24ClN5O4/c1-10(2)14(20(29)24-4)7-11(3)32-19-13-6-5-12(13)17(8-15(19)23)28-22(31)26-21(30)18(27-28)16-9-25-16/h7-8,10,16,25H,3,5-6,9H2,1-2,4H3,(H,24,29)(H,26,30,31)/b14-7-. The first-order chi connectivity index (χ1) is 15.2. The smallest absolute Gasteiger partial charge is 0.349 e. The van der Waals surface area contributed by atoms with Crippen molar-refractivity contribution in [2.75, 3.05) is 13.6 Å². The van der Waals surface area contributed by atoms with Crippen LogP contribution >= 0.6 is 11.6 Å². The van der Waals surface area contributed by atoms with E-state index in [-0.39, 0.29) is 34.3 Å². The van der Waals surface area contributed by atoms with E-state index in [2.05, 4.69) is 27.3 Å². The van der Waals surface area contributed by atoms with E-state index in [4.69, 9.17) is 16.3 Å². The van der Waals surface area contributed by atoms with Crippen LogP contribution in [0.5, 0.6) is 5.75 Å². The van der Waals surface area contributed by atoms with Crippen LogP contribution in [0.2, 0.25) is 5.02 Å². The summed E-state index contributed by atoms with van der Waals surface area (Å²) >= 11 is 6.53. The van der Waals surface area contributed by atoms with Gasteiger partial charge in [0.25, 0.3) is 5.56 Å². The maximum absolute atomic E-state index is 12.5. The molecule has 32 heavy (non-hydrogen) atoms. The minimum Gasteiger partial charge on any atom is -0.456 e. The van der Waals surface area contributed by atoms with Gasteiger partial charge in [0.1, 0.15) is 17.2 Å². The van der Waals surface area contributed by atoms with Crippen molar-refractivity contribution in [3.8, 4) is 11.4 Å². The number of carbonyl (C=O) groups excluding carboxylic acids is 1. The zero-order valence-corrected chi connectivity index (χ0v) is 18.8. The molecule has 0 spiro atoms. The van der Waals surface area contributed by atoms with Gasteiger partial charge in [-0.1, -0.05) is 32.0 Å². The van der Waals surface area contributed by atoms with E-state index in [1.54, 1.807) is 19.2 Å². The average molecular weight is 458 g/mol. The summed E-state index contributed by atoms with van der Waals surface area (Å²) in [6, 6.07) is 1.45. The van der Waals surface area contributed by atoms with E-state index in [1.165, 1.54) is 4.68 Å². The highest BCUT2D eigenvalue weighted by Crippen LogP contribution is 2.42. The third-order valence-electron chi connectivity index (χ3n) is 5.53. The number of H-pyrrole nitrogens is 1. The van der Waals surface area contributed by atoms with Gasteiger partial charge in [-0.3, -0.25) is 14.6 Å². The fourth-order valence-electron chi connectivity index (χ4n) is 3.65. The number of hydrogen-bond acceptors (Lipinski definition) is 6. The molecule has 1 amide bonds. The summed E-state index contributed by atoms with van der Waals surface area (Å²) in [6.07, 6.45) is 3.01. The Kier molecular flexibility index (Phi) is 5.79. The number of aromatic amines is 1. The Morgan fingerprint density at radius 2 is 2.06 bits per heavy atom. The molecule has 9 nitrogen and oxygen atoms in total. The number of ether oxygens (including phenoxy) is 1. The second-order valence-electron chi connectivity index (χ2n) is 8.08. The number of benzene rings is 1. The molecule has 2 heterocycles. The lowest BCUT2D eigenvalue weighted by molar-refractivity contribution is -0.117. The summed E-state index contributed by atoms with van der Waals surface area (Å²) in [4.78, 5) is 39.0. The molecule has 1 aliphatic heterocycles. The zero-order chi connectivity index (χ0) is 23.2. The van der Waals surface area contributed by atoms with Crippen LogP contribution in [-0.4, -0.2) is 34.3 Å². The lowest BCUT2D eigenvalue weighted by atomic mass is 9.86. The quantitative estimate of drug-likeness (QED) is 0.250. The third kappa shape index (κ3) is 4.01. The van der Waals surface area contributed by atoms with Crippen LogP contribution in [-0.2, 0) is 17.6 Å². The molecule has 168 valence electrons. The number of amides is 1. The number of rotatable bonds is 7. The largest absolute Gasteiger partial charge is 0.456 e. The molecule has 1 aromatic carbocycles. The molecule has 1 fully saturated rings. The Labute approximate surface area is 189 Å². The monoisotopic (exact) mass is 457 g/mol. The molecule has 3 N–H and O–H groups in total. The summed E-state index contributed by atoms with van der Waals surface area (Å²) in [7, 11) is 1.57. The van der Waals surface area contributed by atoms with Gasteiger partial charge in [-0.15, -0.1) is 0 Å². The first-order valence-corrected chi connectivity index (χ1v) is 10.7. The molecule has 0 saturated carbocycles. The number of aromatic nitrogens is 3. The normalized spacial score (nSPS) is 16.9. The molecular weight excluding hydrogens is 434 g/mol. The number of fused-ring (bicyclic) bond motifs is 1. The molecule has 2 aliphatic rings. The fourth-order valence-corrected chi connectivity index (χ4v) is 3.91. The van der Waals surface area contributed by atoms with E-state index in [1.807, 2.05) is 13.8 Å². The number of nitrogens with one attached hydrogen (secondary N) is 3. The maximum atomic E-state index is 12.5. The van der Waals surface area contributed by atoms with Gasteiger partial charge in [0.05, 0.1) is 16.8 Å². The van der Waals surface area contributed by atoms with Gasteiger partial charge in [-0.2, -0.15) is 9.78 Å². The molecule has 4 rings (SSSR count). The van der Waals surface area contributed by atoms with Crippen LogP contribution in [0.3, 0.4) is 0 Å². The Bertz CT molecular complexity index is 1270. The second-order valence-corrected chi connectivity index (χ2v) is 8.49. The van der Waals surface area contributed by atoms with Gasteiger partial charge in [-0.25, -0.2) is 4.79 Å². The van der Waals surface area contributed by atoms with Crippen molar-refractivity contribution in [2.45, 2.75) is 32.7 Å². The summed E-state index contributed by atoms with van der Waals surface area (Å²) in [6.45, 7) is 8.37.